The van der Waals surface area contributed by atoms with Crippen LogP contribution in [-0.2, 0) is 43.8 Å². The topological polar surface area (TPSA) is 76.7 Å². The maximum Gasteiger partial charge on any atom is 0.416 e. The molecule has 0 heterocycles. The first kappa shape index (κ1) is 37.8. The lowest BCUT2D eigenvalue weighted by atomic mass is 10.0. The summed E-state index contributed by atoms with van der Waals surface area (Å²) in [6.45, 7) is 1.25. The van der Waals surface area contributed by atoms with Gasteiger partial charge in [0.2, 0.25) is 0 Å². The Morgan fingerprint density at radius 1 is 0.543 bits per heavy atom. The number of carbonyl (C=O) groups excluding carboxylic acids is 2. The molecule has 0 amide bonds. The molecule has 0 aromatic heterocycles. The molecule has 18 heteroatoms. The van der Waals surface area contributed by atoms with Crippen LogP contribution >= 0.6 is 0 Å². The second kappa shape index (κ2) is 14.8. The summed E-state index contributed by atoms with van der Waals surface area (Å²) < 4.78 is 170. The van der Waals surface area contributed by atoms with Crippen LogP contribution in [0.1, 0.15) is 47.2 Å². The molecule has 2 rings (SSSR count). The fourth-order valence-electron chi connectivity index (χ4n) is 3.69. The van der Waals surface area contributed by atoms with Gasteiger partial charge in [0, 0.05) is 36.6 Å². The van der Waals surface area contributed by atoms with E-state index >= 15 is 0 Å². The highest BCUT2D eigenvalue weighted by molar-refractivity contribution is 5.92. The van der Waals surface area contributed by atoms with E-state index in [0.29, 0.717) is 36.4 Å². The second-order valence-corrected chi connectivity index (χ2v) is 9.06. The van der Waals surface area contributed by atoms with E-state index in [0.717, 1.165) is 0 Å². The highest BCUT2D eigenvalue weighted by Gasteiger charge is 2.38. The van der Waals surface area contributed by atoms with Gasteiger partial charge in [-0.25, -0.2) is 9.59 Å². The first-order valence-electron chi connectivity index (χ1n) is 12.9. The molecule has 254 valence electrons. The highest BCUT2D eigenvalue weighted by Crippen LogP contribution is 2.39. The lowest BCUT2D eigenvalue weighted by molar-refractivity contribution is -0.144. The molecule has 2 aromatic carbocycles. The van der Waals surface area contributed by atoms with Crippen molar-refractivity contribution in [1.82, 2.24) is 10.6 Å². The number of rotatable bonds is 11. The van der Waals surface area contributed by atoms with Gasteiger partial charge < -0.3 is 20.1 Å². The minimum absolute atomic E-state index is 0.149. The normalized spacial score (nSPS) is 13.3. The number of hydrogen-bond donors (Lipinski definition) is 2. The second-order valence-electron chi connectivity index (χ2n) is 9.06. The molecule has 0 aliphatic carbocycles. The summed E-state index contributed by atoms with van der Waals surface area (Å²) in [6, 6.07) is 0.956. The van der Waals surface area contributed by atoms with E-state index in [1.807, 2.05) is 0 Å². The van der Waals surface area contributed by atoms with Crippen LogP contribution in [0.15, 0.2) is 48.6 Å². The summed E-state index contributed by atoms with van der Waals surface area (Å²) in [5.74, 6) is -2.34. The van der Waals surface area contributed by atoms with Crippen molar-refractivity contribution in [2.75, 3.05) is 26.3 Å². The van der Waals surface area contributed by atoms with Gasteiger partial charge in [0.25, 0.3) is 0 Å². The van der Waals surface area contributed by atoms with Crippen LogP contribution in [0.2, 0.25) is 0 Å². The fraction of sp³-hybridized carbons (Fsp3) is 0.357. The minimum Gasteiger partial charge on any atom is -0.463 e. The Hall–Kier alpha value is -4.38. The van der Waals surface area contributed by atoms with Crippen LogP contribution in [0.5, 0.6) is 0 Å². The van der Waals surface area contributed by atoms with Crippen LogP contribution in [0.4, 0.5) is 52.7 Å². The molecule has 0 fully saturated rings. The van der Waals surface area contributed by atoms with Crippen LogP contribution in [0, 0.1) is 0 Å². The van der Waals surface area contributed by atoms with Gasteiger partial charge in [0.05, 0.1) is 35.5 Å². The quantitative estimate of drug-likeness (QED) is 0.111. The molecular formula is C28H24F12N2O4. The van der Waals surface area contributed by atoms with Crippen LogP contribution in [0.25, 0.3) is 11.4 Å². The molecule has 0 saturated heterocycles. The van der Waals surface area contributed by atoms with Crippen LogP contribution in [0.3, 0.4) is 0 Å². The number of hydrogen-bond acceptors (Lipinski definition) is 6. The molecule has 0 radical (unpaired) electrons. The van der Waals surface area contributed by atoms with Gasteiger partial charge in [-0.05, 0) is 61.4 Å². The van der Waals surface area contributed by atoms with E-state index < -0.39 is 94.5 Å². The number of esters is 2. The molecule has 0 spiro atoms. The number of alkyl halides is 12. The van der Waals surface area contributed by atoms with Crippen molar-refractivity contribution in [2.45, 2.75) is 38.6 Å². The third-order valence-corrected chi connectivity index (χ3v) is 5.65. The van der Waals surface area contributed by atoms with E-state index in [2.05, 4.69) is 20.1 Å². The minimum atomic E-state index is -5.24. The summed E-state index contributed by atoms with van der Waals surface area (Å²) in [5, 5.41) is 4.80. The van der Waals surface area contributed by atoms with Crippen molar-refractivity contribution < 1.29 is 71.7 Å². The molecule has 46 heavy (non-hydrogen) atoms. The van der Waals surface area contributed by atoms with Gasteiger partial charge in [-0.15, -0.1) is 0 Å². The van der Waals surface area contributed by atoms with E-state index in [-0.39, 0.29) is 25.3 Å². The Morgan fingerprint density at radius 2 is 0.804 bits per heavy atom. The molecule has 2 N–H and O–H groups in total. The largest absolute Gasteiger partial charge is 0.463 e. The molecular weight excluding hydrogens is 656 g/mol. The number of ether oxygens (including phenoxy) is 2. The number of nitrogens with one attached hydrogen (secondary N) is 2. The van der Waals surface area contributed by atoms with Gasteiger partial charge in [0.1, 0.15) is 0 Å². The van der Waals surface area contributed by atoms with E-state index in [4.69, 9.17) is 0 Å². The lowest BCUT2D eigenvalue weighted by Crippen LogP contribution is -2.27. The average Bonchev–Trinajstić information content (AvgIpc) is 2.92. The third-order valence-electron chi connectivity index (χ3n) is 5.65. The van der Waals surface area contributed by atoms with Crippen molar-refractivity contribution >= 4 is 23.3 Å². The van der Waals surface area contributed by atoms with Gasteiger partial charge in [0.15, 0.2) is 0 Å². The zero-order valence-electron chi connectivity index (χ0n) is 23.6. The number of carbonyl (C=O) groups is 2. The molecule has 0 atom stereocenters. The fourth-order valence-corrected chi connectivity index (χ4v) is 3.69. The highest BCUT2D eigenvalue weighted by atomic mass is 19.4. The number of halogens is 12. The van der Waals surface area contributed by atoms with Gasteiger partial charge in [-0.3, -0.25) is 0 Å². The van der Waals surface area contributed by atoms with Gasteiger partial charge >= 0.3 is 36.6 Å². The Kier molecular flexibility index (Phi) is 12.2. The molecule has 0 unspecified atom stereocenters. The van der Waals surface area contributed by atoms with Crippen molar-refractivity contribution in [1.29, 1.82) is 0 Å². The maximum absolute atomic E-state index is 13.4. The first-order chi connectivity index (χ1) is 21.1. The Labute approximate surface area is 253 Å². The van der Waals surface area contributed by atoms with Crippen molar-refractivity contribution in [3.05, 3.63) is 81.9 Å². The third kappa shape index (κ3) is 11.2. The van der Waals surface area contributed by atoms with Crippen molar-refractivity contribution in [3.63, 3.8) is 0 Å². The monoisotopic (exact) mass is 680 g/mol. The summed E-state index contributed by atoms with van der Waals surface area (Å²) in [7, 11) is 0. The zero-order chi connectivity index (χ0) is 35.1. The maximum atomic E-state index is 13.4. The van der Waals surface area contributed by atoms with Crippen LogP contribution in [-0.4, -0.2) is 38.2 Å². The predicted molar refractivity (Wildman–Crippen MR) is 138 cm³/mol. The average molecular weight is 680 g/mol. The summed E-state index contributed by atoms with van der Waals surface area (Å²) in [4.78, 5) is 24.2. The summed E-state index contributed by atoms with van der Waals surface area (Å²) in [5.41, 5.74) is -9.57. The first-order valence-corrected chi connectivity index (χ1v) is 12.9. The smallest absolute Gasteiger partial charge is 0.416 e. The van der Waals surface area contributed by atoms with E-state index in [1.165, 1.54) is 13.8 Å². The number of benzene rings is 2. The standard InChI is InChI=1S/C28H24F12N2O4/c1-3-45-23(43)13-21(15-7-17(25(29,30)31)11-18(8-15)26(32,33)34)41-5-6-42-22(14-24(44)46-4-2)16-9-19(27(35,36)37)12-20(10-16)28(38,39)40/h7-14,41-42H,3-6H2,1-2H3/b21-13+,22-14+. The van der Waals surface area contributed by atoms with Crippen molar-refractivity contribution in [3.8, 4) is 0 Å². The predicted octanol–water partition coefficient (Wildman–Crippen LogP) is 7.45. The molecule has 0 aliphatic heterocycles. The molecule has 2 aromatic rings. The van der Waals surface area contributed by atoms with Gasteiger partial charge in [-0.1, -0.05) is 0 Å². The summed E-state index contributed by atoms with van der Waals surface area (Å²) in [6.07, 6.45) is -19.8. The van der Waals surface area contributed by atoms with E-state index in [9.17, 15) is 62.3 Å². The Morgan fingerprint density at radius 3 is 1.02 bits per heavy atom. The Bertz CT molecular complexity index is 1280. The zero-order valence-corrected chi connectivity index (χ0v) is 23.6. The van der Waals surface area contributed by atoms with Crippen LogP contribution < -0.4 is 10.6 Å². The van der Waals surface area contributed by atoms with E-state index in [1.54, 1.807) is 0 Å². The molecule has 0 aliphatic rings. The molecule has 0 saturated carbocycles. The lowest BCUT2D eigenvalue weighted by Gasteiger charge is -2.19. The molecule has 0 bridgehead atoms. The SMILES string of the molecule is CCOC(=O)/C=C(/NCCN/C(=C/C(=O)OCC)c1cc(C(F)(F)F)cc(C(F)(F)F)c1)c1cc(C(F)(F)F)cc(C(F)(F)F)c1. The van der Waals surface area contributed by atoms with Crippen molar-refractivity contribution in [2.24, 2.45) is 0 Å². The summed E-state index contributed by atoms with van der Waals surface area (Å²) >= 11 is 0. The van der Waals surface area contributed by atoms with Gasteiger partial charge in [-0.2, -0.15) is 52.7 Å². The Balaban J connectivity index is 2.51. The molecule has 6 nitrogen and oxygen atoms in total.